The molecule has 0 saturated heterocycles. The molecule has 0 fully saturated rings. The van der Waals surface area contributed by atoms with E-state index in [1.807, 2.05) is 6.26 Å². The first kappa shape index (κ1) is 6.92. The Bertz CT molecular complexity index is 265. The van der Waals surface area contributed by atoms with Crippen molar-refractivity contribution in [3.63, 3.8) is 0 Å². The molecule has 1 aromatic heterocycles. The molecule has 2 nitrogen and oxygen atoms in total. The summed E-state index contributed by atoms with van der Waals surface area (Å²) in [6, 6.07) is 0. The molecule has 1 N–H and O–H groups in total. The van der Waals surface area contributed by atoms with E-state index in [2.05, 4.69) is 19.2 Å². The van der Waals surface area contributed by atoms with Crippen molar-refractivity contribution < 1.29 is 4.42 Å². The Hall–Kier alpha value is -0.760. The number of nitrogens with one attached hydrogen (secondary N) is 1. The van der Waals surface area contributed by atoms with Gasteiger partial charge in [0.25, 0.3) is 0 Å². The van der Waals surface area contributed by atoms with Gasteiger partial charge in [0.1, 0.15) is 5.76 Å². The minimum atomic E-state index is 0.535. The highest BCUT2D eigenvalue weighted by Crippen LogP contribution is 2.26. The lowest BCUT2D eigenvalue weighted by molar-refractivity contribution is 0.431. The lowest BCUT2D eigenvalue weighted by Crippen LogP contribution is -2.25. The van der Waals surface area contributed by atoms with E-state index < -0.39 is 0 Å². The normalized spacial score (nSPS) is 23.3. The second-order valence-corrected chi connectivity index (χ2v) is 3.29. The Morgan fingerprint density at radius 2 is 2.45 bits per heavy atom. The van der Waals surface area contributed by atoms with E-state index in [1.165, 1.54) is 16.9 Å². The zero-order chi connectivity index (χ0) is 7.84. The van der Waals surface area contributed by atoms with E-state index in [1.54, 1.807) is 0 Å². The third-order valence-corrected chi connectivity index (χ3v) is 2.34. The summed E-state index contributed by atoms with van der Waals surface area (Å²) < 4.78 is 5.46. The van der Waals surface area contributed by atoms with Gasteiger partial charge in [0.15, 0.2) is 0 Å². The van der Waals surface area contributed by atoms with Gasteiger partial charge in [0.05, 0.1) is 6.26 Å². The van der Waals surface area contributed by atoms with Crippen LogP contribution >= 0.6 is 0 Å². The first-order valence-electron chi connectivity index (χ1n) is 4.06. The van der Waals surface area contributed by atoms with Gasteiger partial charge in [-0.15, -0.1) is 0 Å². The number of hydrogen-bond donors (Lipinski definition) is 1. The molecule has 60 valence electrons. The lowest BCUT2D eigenvalue weighted by Gasteiger charge is -2.18. The average Bonchev–Trinajstić information content (AvgIpc) is 2.35. The van der Waals surface area contributed by atoms with Gasteiger partial charge in [0, 0.05) is 24.6 Å². The van der Waals surface area contributed by atoms with Crippen LogP contribution in [0.4, 0.5) is 0 Å². The van der Waals surface area contributed by atoms with E-state index in [0.717, 1.165) is 13.1 Å². The van der Waals surface area contributed by atoms with Crippen molar-refractivity contribution in [2.75, 3.05) is 6.54 Å². The predicted octanol–water partition coefficient (Wildman–Crippen LogP) is 1.79. The van der Waals surface area contributed by atoms with E-state index in [4.69, 9.17) is 4.42 Å². The van der Waals surface area contributed by atoms with E-state index in [0.29, 0.717) is 5.92 Å². The predicted molar refractivity (Wildman–Crippen MR) is 43.6 cm³/mol. The van der Waals surface area contributed by atoms with Crippen LogP contribution in [0.3, 0.4) is 0 Å². The van der Waals surface area contributed by atoms with Crippen LogP contribution in [0.25, 0.3) is 0 Å². The largest absolute Gasteiger partial charge is 0.468 e. The number of hydrogen-bond acceptors (Lipinski definition) is 2. The topological polar surface area (TPSA) is 25.2 Å². The molecule has 0 saturated carbocycles. The molecular weight excluding hydrogens is 138 g/mol. The fourth-order valence-corrected chi connectivity index (χ4v) is 1.63. The first-order valence-corrected chi connectivity index (χ1v) is 4.06. The summed E-state index contributed by atoms with van der Waals surface area (Å²) in [5, 5.41) is 3.36. The Morgan fingerprint density at radius 1 is 1.64 bits per heavy atom. The van der Waals surface area contributed by atoms with Crippen molar-refractivity contribution in [1.82, 2.24) is 5.32 Å². The Balaban J connectivity index is 2.46. The van der Waals surface area contributed by atoms with Crippen molar-refractivity contribution >= 4 is 0 Å². The second-order valence-electron chi connectivity index (χ2n) is 3.29. The quantitative estimate of drug-likeness (QED) is 0.611. The zero-order valence-electron chi connectivity index (χ0n) is 6.98. The maximum atomic E-state index is 5.46. The number of aryl methyl sites for hydroxylation is 1. The summed E-state index contributed by atoms with van der Waals surface area (Å²) in [5.41, 5.74) is 2.64. The molecule has 2 heteroatoms. The molecule has 0 amide bonds. The highest BCUT2D eigenvalue weighted by molar-refractivity contribution is 5.30. The fraction of sp³-hybridized carbons (Fsp3) is 0.556. The molecule has 0 spiro atoms. The molecule has 1 aromatic rings. The minimum absolute atomic E-state index is 0.535. The molecule has 0 bridgehead atoms. The standard InChI is InChI=1S/C9H13NO/c1-6-3-10-4-8-7(2)5-11-9(6)8/h5-6,10H,3-4H2,1-2H3. The van der Waals surface area contributed by atoms with Crippen molar-refractivity contribution in [2.45, 2.75) is 26.3 Å². The molecule has 0 aliphatic carbocycles. The molecule has 11 heavy (non-hydrogen) atoms. The maximum Gasteiger partial charge on any atom is 0.112 e. The van der Waals surface area contributed by atoms with Gasteiger partial charge in [-0.05, 0) is 12.5 Å². The van der Waals surface area contributed by atoms with E-state index in [-0.39, 0.29) is 0 Å². The molecule has 2 heterocycles. The van der Waals surface area contributed by atoms with Gasteiger partial charge >= 0.3 is 0 Å². The zero-order valence-corrected chi connectivity index (χ0v) is 6.98. The minimum Gasteiger partial charge on any atom is -0.468 e. The summed E-state index contributed by atoms with van der Waals surface area (Å²) in [5.74, 6) is 1.72. The van der Waals surface area contributed by atoms with Crippen LogP contribution in [0.1, 0.15) is 29.7 Å². The van der Waals surface area contributed by atoms with Gasteiger partial charge in [-0.1, -0.05) is 6.92 Å². The van der Waals surface area contributed by atoms with Crippen LogP contribution < -0.4 is 5.32 Å². The molecule has 1 atom stereocenters. The van der Waals surface area contributed by atoms with Gasteiger partial charge in [-0.3, -0.25) is 0 Å². The third kappa shape index (κ3) is 0.979. The fourth-order valence-electron chi connectivity index (χ4n) is 1.63. The maximum absolute atomic E-state index is 5.46. The lowest BCUT2D eigenvalue weighted by atomic mass is 9.99. The van der Waals surface area contributed by atoms with Crippen molar-refractivity contribution in [3.8, 4) is 0 Å². The Kier molecular flexibility index (Phi) is 1.50. The number of rotatable bonds is 0. The summed E-state index contributed by atoms with van der Waals surface area (Å²) in [7, 11) is 0. The third-order valence-electron chi connectivity index (χ3n) is 2.34. The molecule has 1 unspecified atom stereocenters. The molecule has 0 radical (unpaired) electrons. The molecule has 1 aliphatic rings. The molecule has 0 aromatic carbocycles. The Labute approximate surface area is 66.6 Å². The molecule has 2 rings (SSSR count). The van der Waals surface area contributed by atoms with Crippen molar-refractivity contribution in [2.24, 2.45) is 0 Å². The van der Waals surface area contributed by atoms with Crippen LogP contribution in [0, 0.1) is 6.92 Å². The summed E-state index contributed by atoms with van der Waals surface area (Å²) in [6.45, 7) is 6.30. The second kappa shape index (κ2) is 2.38. The summed E-state index contributed by atoms with van der Waals surface area (Å²) in [4.78, 5) is 0. The molecule has 1 aliphatic heterocycles. The van der Waals surface area contributed by atoms with Crippen molar-refractivity contribution in [3.05, 3.63) is 23.2 Å². The number of furan rings is 1. The van der Waals surface area contributed by atoms with Crippen LogP contribution in [0.5, 0.6) is 0 Å². The van der Waals surface area contributed by atoms with Crippen LogP contribution in [0.15, 0.2) is 10.7 Å². The van der Waals surface area contributed by atoms with Crippen LogP contribution in [-0.2, 0) is 6.54 Å². The van der Waals surface area contributed by atoms with Gasteiger partial charge in [0.2, 0.25) is 0 Å². The number of fused-ring (bicyclic) bond motifs is 1. The van der Waals surface area contributed by atoms with Crippen LogP contribution in [0.2, 0.25) is 0 Å². The highest BCUT2D eigenvalue weighted by atomic mass is 16.3. The first-order chi connectivity index (χ1) is 5.29. The SMILES string of the molecule is Cc1coc2c1CNCC2C. The average molecular weight is 151 g/mol. The van der Waals surface area contributed by atoms with Crippen molar-refractivity contribution in [1.29, 1.82) is 0 Å². The smallest absolute Gasteiger partial charge is 0.112 e. The van der Waals surface area contributed by atoms with E-state index >= 15 is 0 Å². The molecular formula is C9H13NO. The Morgan fingerprint density at radius 3 is 3.18 bits per heavy atom. The van der Waals surface area contributed by atoms with Gasteiger partial charge in [-0.25, -0.2) is 0 Å². The van der Waals surface area contributed by atoms with E-state index in [9.17, 15) is 0 Å². The highest BCUT2D eigenvalue weighted by Gasteiger charge is 2.20. The summed E-state index contributed by atoms with van der Waals surface area (Å²) in [6.07, 6.45) is 1.86. The van der Waals surface area contributed by atoms with Gasteiger partial charge in [-0.2, -0.15) is 0 Å². The monoisotopic (exact) mass is 151 g/mol. The van der Waals surface area contributed by atoms with Crippen LogP contribution in [-0.4, -0.2) is 6.54 Å². The van der Waals surface area contributed by atoms with Gasteiger partial charge < -0.3 is 9.73 Å². The summed E-state index contributed by atoms with van der Waals surface area (Å²) >= 11 is 0.